The molecule has 1 aliphatic heterocycles. The SMILES string of the molecule is O=C(O)CCCCCN1C(=O)/C(=C\c2cc(Cl)cc(Cl)c2O)SC1=S. The molecule has 2 N–H and O–H groups in total. The Labute approximate surface area is 164 Å². The van der Waals surface area contributed by atoms with Gasteiger partial charge in [0.05, 0.1) is 9.93 Å². The van der Waals surface area contributed by atoms with Gasteiger partial charge in [-0.25, -0.2) is 0 Å². The van der Waals surface area contributed by atoms with Crippen LogP contribution in [0, 0.1) is 0 Å². The molecule has 1 heterocycles. The van der Waals surface area contributed by atoms with Crippen LogP contribution in [0.5, 0.6) is 5.75 Å². The van der Waals surface area contributed by atoms with Crippen LogP contribution in [0.2, 0.25) is 10.0 Å². The van der Waals surface area contributed by atoms with E-state index in [0.717, 1.165) is 11.8 Å². The molecular weight excluding hydrogens is 405 g/mol. The number of benzene rings is 1. The first-order valence-corrected chi connectivity index (χ1v) is 9.43. The highest BCUT2D eigenvalue weighted by Gasteiger charge is 2.31. The summed E-state index contributed by atoms with van der Waals surface area (Å²) in [4.78, 5) is 24.8. The summed E-state index contributed by atoms with van der Waals surface area (Å²) in [5.41, 5.74) is 0.347. The topological polar surface area (TPSA) is 77.8 Å². The largest absolute Gasteiger partial charge is 0.506 e. The smallest absolute Gasteiger partial charge is 0.303 e. The Kier molecular flexibility index (Phi) is 7.13. The summed E-state index contributed by atoms with van der Waals surface area (Å²) >= 11 is 18.2. The first kappa shape index (κ1) is 20.0. The molecule has 1 amide bonds. The van der Waals surface area contributed by atoms with Crippen LogP contribution in [0.3, 0.4) is 0 Å². The molecule has 1 saturated heterocycles. The Bertz CT molecular complexity index is 752. The quantitative estimate of drug-likeness (QED) is 0.383. The number of carboxylic acids is 1. The van der Waals surface area contributed by atoms with Gasteiger partial charge in [-0.2, -0.15) is 0 Å². The number of amides is 1. The Morgan fingerprint density at radius 1 is 1.28 bits per heavy atom. The number of aromatic hydroxyl groups is 1. The predicted octanol–water partition coefficient (Wildman–Crippen LogP) is 4.55. The second kappa shape index (κ2) is 8.89. The van der Waals surface area contributed by atoms with Crippen molar-refractivity contribution < 1.29 is 19.8 Å². The van der Waals surface area contributed by atoms with Gasteiger partial charge < -0.3 is 10.2 Å². The minimum atomic E-state index is -0.825. The number of aliphatic carboxylic acids is 1. The molecule has 0 aliphatic carbocycles. The lowest BCUT2D eigenvalue weighted by Gasteiger charge is -2.13. The molecule has 2 rings (SSSR count). The number of carbonyl (C=O) groups excluding carboxylic acids is 1. The fourth-order valence-electron chi connectivity index (χ4n) is 2.25. The number of hydrogen-bond donors (Lipinski definition) is 2. The number of phenolic OH excluding ortho intramolecular Hbond substituents is 1. The van der Waals surface area contributed by atoms with Gasteiger partial charge in [0.2, 0.25) is 0 Å². The van der Waals surface area contributed by atoms with E-state index in [-0.39, 0.29) is 23.1 Å². The maximum atomic E-state index is 12.5. The second-order valence-electron chi connectivity index (χ2n) is 5.36. The molecule has 1 aliphatic rings. The zero-order chi connectivity index (χ0) is 18.6. The predicted molar refractivity (Wildman–Crippen MR) is 104 cm³/mol. The van der Waals surface area contributed by atoms with E-state index in [4.69, 9.17) is 40.5 Å². The van der Waals surface area contributed by atoms with Crippen molar-refractivity contribution in [2.75, 3.05) is 6.54 Å². The summed E-state index contributed by atoms with van der Waals surface area (Å²) in [6, 6.07) is 2.93. The zero-order valence-corrected chi connectivity index (χ0v) is 16.1. The minimum Gasteiger partial charge on any atom is -0.506 e. The molecule has 0 aromatic heterocycles. The van der Waals surface area contributed by atoms with Gasteiger partial charge in [0.25, 0.3) is 5.91 Å². The maximum absolute atomic E-state index is 12.5. The fraction of sp³-hybridized carbons (Fsp3) is 0.312. The summed E-state index contributed by atoms with van der Waals surface area (Å²) in [5, 5.41) is 19.1. The number of unbranched alkanes of at least 4 members (excludes halogenated alkanes) is 2. The Morgan fingerprint density at radius 3 is 2.68 bits per heavy atom. The van der Waals surface area contributed by atoms with Crippen LogP contribution in [0.1, 0.15) is 31.2 Å². The van der Waals surface area contributed by atoms with Gasteiger partial charge in [-0.1, -0.05) is 53.6 Å². The van der Waals surface area contributed by atoms with Crippen molar-refractivity contribution in [3.63, 3.8) is 0 Å². The van der Waals surface area contributed by atoms with Crippen molar-refractivity contribution in [1.82, 2.24) is 4.90 Å². The molecule has 0 saturated carbocycles. The first-order valence-electron chi connectivity index (χ1n) is 7.44. The van der Waals surface area contributed by atoms with Gasteiger partial charge >= 0.3 is 5.97 Å². The lowest BCUT2D eigenvalue weighted by Crippen LogP contribution is -2.29. The second-order valence-corrected chi connectivity index (χ2v) is 7.88. The fourth-order valence-corrected chi connectivity index (χ4v) is 4.06. The molecule has 5 nitrogen and oxygen atoms in total. The van der Waals surface area contributed by atoms with Crippen molar-refractivity contribution in [2.45, 2.75) is 25.7 Å². The van der Waals surface area contributed by atoms with Crippen molar-refractivity contribution in [3.05, 3.63) is 32.6 Å². The number of nitrogens with zero attached hydrogens (tertiary/aromatic N) is 1. The van der Waals surface area contributed by atoms with Gasteiger partial charge in [0.15, 0.2) is 0 Å². The molecule has 1 fully saturated rings. The molecule has 0 atom stereocenters. The summed E-state index contributed by atoms with van der Waals surface area (Å²) in [5.74, 6) is -1.22. The molecule has 1 aromatic rings. The average Bonchev–Trinajstić information content (AvgIpc) is 2.78. The highest BCUT2D eigenvalue weighted by Crippen LogP contribution is 2.37. The van der Waals surface area contributed by atoms with E-state index in [2.05, 4.69) is 0 Å². The molecule has 0 unspecified atom stereocenters. The molecule has 25 heavy (non-hydrogen) atoms. The Hall–Kier alpha value is -1.28. The number of hydrogen-bond acceptors (Lipinski definition) is 5. The molecule has 9 heteroatoms. The third kappa shape index (κ3) is 5.34. The van der Waals surface area contributed by atoms with Gasteiger partial charge in [0, 0.05) is 23.6 Å². The molecule has 1 aromatic carbocycles. The molecule has 0 bridgehead atoms. The standard InChI is InChI=1S/C16H15Cl2NO4S2/c17-10-6-9(14(22)11(18)8-10)7-12-15(23)19(16(24)25-12)5-3-1-2-4-13(20)21/h6-8,22H,1-5H2,(H,20,21)/b12-7+. The van der Waals surface area contributed by atoms with E-state index >= 15 is 0 Å². The van der Waals surface area contributed by atoms with Crippen molar-refractivity contribution in [2.24, 2.45) is 0 Å². The summed E-state index contributed by atoms with van der Waals surface area (Å²) in [7, 11) is 0. The van der Waals surface area contributed by atoms with Crippen molar-refractivity contribution in [3.8, 4) is 5.75 Å². The lowest BCUT2D eigenvalue weighted by molar-refractivity contribution is -0.137. The lowest BCUT2D eigenvalue weighted by atomic mass is 10.1. The van der Waals surface area contributed by atoms with E-state index in [1.165, 1.54) is 23.1 Å². The Morgan fingerprint density at radius 2 is 2.00 bits per heavy atom. The van der Waals surface area contributed by atoms with Gasteiger partial charge in [-0.3, -0.25) is 14.5 Å². The first-order chi connectivity index (χ1) is 11.8. The van der Waals surface area contributed by atoms with Crippen LogP contribution >= 0.6 is 47.2 Å². The third-order valence-electron chi connectivity index (χ3n) is 3.49. The highest BCUT2D eigenvalue weighted by molar-refractivity contribution is 8.26. The highest BCUT2D eigenvalue weighted by atomic mass is 35.5. The van der Waals surface area contributed by atoms with Crippen LogP contribution in [0.4, 0.5) is 0 Å². The van der Waals surface area contributed by atoms with Crippen LogP contribution < -0.4 is 0 Å². The van der Waals surface area contributed by atoms with Crippen LogP contribution in [0.15, 0.2) is 17.0 Å². The van der Waals surface area contributed by atoms with Crippen LogP contribution in [-0.2, 0) is 9.59 Å². The summed E-state index contributed by atoms with van der Waals surface area (Å²) in [6.07, 6.45) is 3.56. The van der Waals surface area contributed by atoms with Gasteiger partial charge in [-0.15, -0.1) is 0 Å². The number of thioether (sulfide) groups is 1. The van der Waals surface area contributed by atoms with Gasteiger partial charge in [0.1, 0.15) is 10.1 Å². The van der Waals surface area contributed by atoms with Crippen LogP contribution in [-0.4, -0.2) is 37.9 Å². The Balaban J connectivity index is 2.04. The maximum Gasteiger partial charge on any atom is 0.303 e. The van der Waals surface area contributed by atoms with Crippen molar-refractivity contribution in [1.29, 1.82) is 0 Å². The third-order valence-corrected chi connectivity index (χ3v) is 5.37. The average molecular weight is 420 g/mol. The molecule has 134 valence electrons. The number of halogens is 2. The number of rotatable bonds is 7. The summed E-state index contributed by atoms with van der Waals surface area (Å²) in [6.45, 7) is 0.434. The summed E-state index contributed by atoms with van der Waals surface area (Å²) < 4.78 is 0.432. The molecule has 0 radical (unpaired) electrons. The van der Waals surface area contributed by atoms with E-state index in [0.29, 0.717) is 45.6 Å². The van der Waals surface area contributed by atoms with E-state index < -0.39 is 5.97 Å². The normalized spacial score (nSPS) is 16.1. The number of phenols is 1. The molecular formula is C16H15Cl2NO4S2. The monoisotopic (exact) mass is 419 g/mol. The van der Waals surface area contributed by atoms with E-state index in [1.807, 2.05) is 0 Å². The number of carboxylic acid groups (broad SMARTS) is 1. The minimum absolute atomic E-state index is 0.104. The van der Waals surface area contributed by atoms with Gasteiger partial charge in [-0.05, 0) is 31.1 Å². The van der Waals surface area contributed by atoms with Crippen molar-refractivity contribution >= 4 is 69.5 Å². The van der Waals surface area contributed by atoms with Crippen LogP contribution in [0.25, 0.3) is 6.08 Å². The zero-order valence-electron chi connectivity index (χ0n) is 13.0. The number of carbonyl (C=O) groups is 2. The van der Waals surface area contributed by atoms with E-state index in [9.17, 15) is 14.7 Å². The molecule has 0 spiro atoms. The number of thiocarbonyl (C=S) groups is 1. The van der Waals surface area contributed by atoms with E-state index in [1.54, 1.807) is 0 Å².